The van der Waals surface area contributed by atoms with Crippen molar-refractivity contribution in [2.45, 2.75) is 18.7 Å². The van der Waals surface area contributed by atoms with Crippen molar-refractivity contribution in [2.24, 2.45) is 0 Å². The number of hydrogen-bond donors (Lipinski definition) is 0. The molecule has 0 radical (unpaired) electrons. The van der Waals surface area contributed by atoms with Gasteiger partial charge < -0.3 is 0 Å². The van der Waals surface area contributed by atoms with Crippen molar-refractivity contribution >= 4 is 23.1 Å². The minimum absolute atomic E-state index is 1.18. The van der Waals surface area contributed by atoms with E-state index in [1.807, 2.05) is 23.1 Å². The van der Waals surface area contributed by atoms with Gasteiger partial charge in [-0.1, -0.05) is 6.92 Å². The van der Waals surface area contributed by atoms with Gasteiger partial charge in [-0.25, -0.2) is 0 Å². The molecule has 0 aliphatic heterocycles. The molecule has 50 valence electrons. The monoisotopic (exact) mass is 158 g/mol. The van der Waals surface area contributed by atoms with Gasteiger partial charge in [0.15, 0.2) is 0 Å². The molecule has 1 heterocycles. The van der Waals surface area contributed by atoms with Crippen LogP contribution < -0.4 is 0 Å². The summed E-state index contributed by atoms with van der Waals surface area (Å²) >= 11 is 3.73. The summed E-state index contributed by atoms with van der Waals surface area (Å²) in [7, 11) is 0. The van der Waals surface area contributed by atoms with Gasteiger partial charge in [0.25, 0.3) is 0 Å². The Kier molecular flexibility index (Phi) is 2.61. The third-order valence-corrected chi connectivity index (χ3v) is 2.89. The maximum Gasteiger partial charge on any atom is 0.0182 e. The first-order chi connectivity index (χ1) is 4.33. The minimum Gasteiger partial charge on any atom is -0.148 e. The van der Waals surface area contributed by atoms with Crippen molar-refractivity contribution in [3.05, 3.63) is 16.3 Å². The largest absolute Gasteiger partial charge is 0.148 e. The zero-order chi connectivity index (χ0) is 6.69. The lowest BCUT2D eigenvalue weighted by atomic mass is 10.5. The lowest BCUT2D eigenvalue weighted by Crippen LogP contribution is -1.63. The third-order valence-electron chi connectivity index (χ3n) is 1.02. The van der Waals surface area contributed by atoms with Gasteiger partial charge in [0, 0.05) is 15.2 Å². The fraction of sp³-hybridized carbons (Fsp3) is 0.429. The molecule has 0 aliphatic carbocycles. The van der Waals surface area contributed by atoms with Crippen LogP contribution in [0.25, 0.3) is 0 Å². The highest BCUT2D eigenvalue weighted by Crippen LogP contribution is 2.23. The van der Waals surface area contributed by atoms with Gasteiger partial charge in [-0.2, -0.15) is 0 Å². The normalized spacial score (nSPS) is 10.0. The first-order valence-corrected chi connectivity index (χ1v) is 4.87. The third kappa shape index (κ3) is 2.03. The lowest BCUT2D eigenvalue weighted by Gasteiger charge is -1.87. The fourth-order valence-electron chi connectivity index (χ4n) is 0.662. The Bertz CT molecular complexity index is 179. The Morgan fingerprint density at radius 3 is 2.89 bits per heavy atom. The summed E-state index contributed by atoms with van der Waals surface area (Å²) in [5.74, 6) is 1.18. The van der Waals surface area contributed by atoms with E-state index >= 15 is 0 Å². The number of aryl methyl sites for hydroxylation is 1. The van der Waals surface area contributed by atoms with Gasteiger partial charge in [-0.05, 0) is 18.7 Å². The number of thioether (sulfide) groups is 1. The number of hydrogen-bond acceptors (Lipinski definition) is 2. The predicted octanol–water partition coefficient (Wildman–Crippen LogP) is 3.17. The van der Waals surface area contributed by atoms with Crippen LogP contribution in [0.2, 0.25) is 0 Å². The summed E-state index contributed by atoms with van der Waals surface area (Å²) in [5.41, 5.74) is 0. The van der Waals surface area contributed by atoms with E-state index in [0.717, 1.165) is 0 Å². The quantitative estimate of drug-likeness (QED) is 0.596. The maximum absolute atomic E-state index is 2.23. The predicted molar refractivity (Wildman–Crippen MR) is 45.5 cm³/mol. The van der Waals surface area contributed by atoms with Gasteiger partial charge in [0.2, 0.25) is 0 Å². The van der Waals surface area contributed by atoms with E-state index in [1.54, 1.807) is 0 Å². The van der Waals surface area contributed by atoms with Crippen LogP contribution in [0.4, 0.5) is 0 Å². The van der Waals surface area contributed by atoms with Crippen molar-refractivity contribution in [3.63, 3.8) is 0 Å². The molecule has 9 heavy (non-hydrogen) atoms. The van der Waals surface area contributed by atoms with Crippen LogP contribution in [-0.2, 0) is 0 Å². The molecule has 0 unspecified atom stereocenters. The first-order valence-electron chi connectivity index (χ1n) is 3.01. The average Bonchev–Trinajstić information content (AvgIpc) is 2.17. The minimum atomic E-state index is 1.18. The highest BCUT2D eigenvalue weighted by Gasteiger charge is 1.92. The van der Waals surface area contributed by atoms with Gasteiger partial charge in [-0.3, -0.25) is 0 Å². The summed E-state index contributed by atoms with van der Waals surface area (Å²) in [6.07, 6.45) is 0. The molecule has 0 amide bonds. The molecule has 1 rings (SSSR count). The van der Waals surface area contributed by atoms with Crippen LogP contribution in [0.5, 0.6) is 0 Å². The van der Waals surface area contributed by atoms with Crippen molar-refractivity contribution in [1.82, 2.24) is 0 Å². The van der Waals surface area contributed by atoms with E-state index in [2.05, 4.69) is 25.3 Å². The Labute approximate surface area is 64.3 Å². The molecule has 0 saturated heterocycles. The molecular formula is C7H10S2. The van der Waals surface area contributed by atoms with E-state index in [-0.39, 0.29) is 0 Å². The van der Waals surface area contributed by atoms with Crippen LogP contribution >= 0.6 is 23.1 Å². The SMILES string of the molecule is CCSc1csc(C)c1. The van der Waals surface area contributed by atoms with Crippen molar-refractivity contribution in [1.29, 1.82) is 0 Å². The van der Waals surface area contributed by atoms with Crippen molar-refractivity contribution in [2.75, 3.05) is 5.75 Å². The van der Waals surface area contributed by atoms with E-state index in [4.69, 9.17) is 0 Å². The molecule has 0 saturated carbocycles. The summed E-state index contributed by atoms with van der Waals surface area (Å²) < 4.78 is 0. The molecule has 0 aliphatic rings. The maximum atomic E-state index is 2.23. The van der Waals surface area contributed by atoms with Gasteiger partial charge >= 0.3 is 0 Å². The Morgan fingerprint density at radius 2 is 2.44 bits per heavy atom. The summed E-state index contributed by atoms with van der Waals surface area (Å²) in [4.78, 5) is 2.82. The summed E-state index contributed by atoms with van der Waals surface area (Å²) in [6.45, 7) is 4.32. The first kappa shape index (κ1) is 7.16. The molecule has 1 aromatic heterocycles. The molecule has 0 spiro atoms. The number of thiophene rings is 1. The fourth-order valence-corrected chi connectivity index (χ4v) is 2.31. The topological polar surface area (TPSA) is 0 Å². The molecule has 0 N–H and O–H groups in total. The van der Waals surface area contributed by atoms with E-state index in [1.165, 1.54) is 15.5 Å². The Hall–Kier alpha value is 0.0500. The summed E-state index contributed by atoms with van der Waals surface area (Å²) in [5, 5.41) is 2.21. The second-order valence-corrected chi connectivity index (χ2v) is 4.28. The molecule has 0 fully saturated rings. The van der Waals surface area contributed by atoms with Gasteiger partial charge in [-0.15, -0.1) is 23.1 Å². The molecular weight excluding hydrogens is 148 g/mol. The Morgan fingerprint density at radius 1 is 1.67 bits per heavy atom. The molecule has 0 aromatic carbocycles. The zero-order valence-electron chi connectivity index (χ0n) is 5.68. The van der Waals surface area contributed by atoms with Gasteiger partial charge in [0.1, 0.15) is 0 Å². The van der Waals surface area contributed by atoms with Crippen LogP contribution in [-0.4, -0.2) is 5.75 Å². The summed E-state index contributed by atoms with van der Waals surface area (Å²) in [6, 6.07) is 2.23. The Balaban J connectivity index is 2.61. The highest BCUT2D eigenvalue weighted by atomic mass is 32.2. The zero-order valence-corrected chi connectivity index (χ0v) is 7.31. The lowest BCUT2D eigenvalue weighted by molar-refractivity contribution is 1.46. The second kappa shape index (κ2) is 3.28. The average molecular weight is 158 g/mol. The molecule has 0 nitrogen and oxygen atoms in total. The molecule has 0 atom stereocenters. The van der Waals surface area contributed by atoms with Crippen LogP contribution in [0.1, 0.15) is 11.8 Å². The molecule has 1 aromatic rings. The van der Waals surface area contributed by atoms with E-state index < -0.39 is 0 Å². The van der Waals surface area contributed by atoms with Crippen molar-refractivity contribution in [3.8, 4) is 0 Å². The second-order valence-electron chi connectivity index (χ2n) is 1.83. The molecule has 2 heteroatoms. The van der Waals surface area contributed by atoms with E-state index in [9.17, 15) is 0 Å². The van der Waals surface area contributed by atoms with E-state index in [0.29, 0.717) is 0 Å². The van der Waals surface area contributed by atoms with Crippen LogP contribution in [0.15, 0.2) is 16.3 Å². The molecule has 0 bridgehead atoms. The van der Waals surface area contributed by atoms with Crippen LogP contribution in [0.3, 0.4) is 0 Å². The standard InChI is InChI=1S/C7H10S2/c1-3-8-7-4-6(2)9-5-7/h4-5H,3H2,1-2H3. The van der Waals surface area contributed by atoms with Gasteiger partial charge in [0.05, 0.1) is 0 Å². The van der Waals surface area contributed by atoms with Crippen LogP contribution in [0, 0.1) is 6.92 Å². The highest BCUT2D eigenvalue weighted by molar-refractivity contribution is 7.99. The van der Waals surface area contributed by atoms with Crippen molar-refractivity contribution < 1.29 is 0 Å². The number of rotatable bonds is 2. The smallest absolute Gasteiger partial charge is 0.0182 e.